The zero-order chi connectivity index (χ0) is 21.5. The number of hydrogen-bond donors (Lipinski definition) is 5. The molecule has 6 N–H and O–H groups in total. The average molecular weight is 475 g/mol. The van der Waals surface area contributed by atoms with Crippen LogP contribution in [0, 0.1) is 12.3 Å². The Bertz CT molecular complexity index is 964. The average Bonchev–Trinajstić information content (AvgIpc) is 2.61. The minimum Gasteiger partial charge on any atom is -0.504 e. The summed E-state index contributed by atoms with van der Waals surface area (Å²) in [6.07, 6.45) is 1.14. The highest BCUT2D eigenvalue weighted by atomic mass is 79.9. The fourth-order valence-corrected chi connectivity index (χ4v) is 2.67. The molecule has 0 saturated heterocycles. The topological polar surface area (TPSA) is 170 Å². The van der Waals surface area contributed by atoms with Crippen LogP contribution in [-0.2, 0) is 10.1 Å². The molecule has 0 aliphatic rings. The molecule has 0 spiro atoms. The molecule has 12 heteroatoms. The highest BCUT2D eigenvalue weighted by molar-refractivity contribution is 9.10. The summed E-state index contributed by atoms with van der Waals surface area (Å²) in [6, 6.07) is 9.13. The van der Waals surface area contributed by atoms with Gasteiger partial charge in [-0.1, -0.05) is 33.6 Å². The molecule has 0 heterocycles. The van der Waals surface area contributed by atoms with Gasteiger partial charge in [0.2, 0.25) is 5.96 Å². The molecule has 0 atom stereocenters. The molecule has 2 aromatic rings. The molecular weight excluding hydrogens is 456 g/mol. The van der Waals surface area contributed by atoms with Crippen molar-refractivity contribution in [2.45, 2.75) is 11.8 Å². The largest absolute Gasteiger partial charge is 0.504 e. The monoisotopic (exact) mass is 474 g/mol. The molecule has 2 aromatic carbocycles. The predicted molar refractivity (Wildman–Crippen MR) is 106 cm³/mol. The van der Waals surface area contributed by atoms with Crippen LogP contribution in [0.25, 0.3) is 0 Å². The Morgan fingerprint density at radius 1 is 1.32 bits per heavy atom. The number of methoxy groups -OCH3 is 1. The van der Waals surface area contributed by atoms with E-state index in [9.17, 15) is 13.5 Å². The molecule has 2 rings (SSSR count). The Morgan fingerprint density at radius 2 is 1.89 bits per heavy atom. The number of aryl methyl sites for hydroxylation is 1. The zero-order valence-electron chi connectivity index (χ0n) is 14.9. The van der Waals surface area contributed by atoms with Gasteiger partial charge >= 0.3 is 0 Å². The van der Waals surface area contributed by atoms with Crippen LogP contribution >= 0.6 is 15.9 Å². The summed E-state index contributed by atoms with van der Waals surface area (Å²) in [6.45, 7) is 1.84. The first-order valence-electron chi connectivity index (χ1n) is 7.43. The van der Waals surface area contributed by atoms with Crippen molar-refractivity contribution in [2.24, 2.45) is 10.8 Å². The number of nitrogens with zero attached hydrogens (tertiary/aromatic N) is 2. The summed E-state index contributed by atoms with van der Waals surface area (Å²) in [5.74, 6) is -0.507. The first-order chi connectivity index (χ1) is 13.0. The minimum absolute atomic E-state index is 0.0666. The molecule has 0 aliphatic heterocycles. The smallest absolute Gasteiger partial charge is 0.294 e. The van der Waals surface area contributed by atoms with Gasteiger partial charge in [-0.15, -0.1) is 5.17 Å². The summed E-state index contributed by atoms with van der Waals surface area (Å²) in [5.41, 5.74) is 6.23. The SMILES string of the molecule is COc1cc(Br)cc(C=NN(O)C(=N)N)c1O.Cc1ccc(S(=O)(=O)O)cc1. The van der Waals surface area contributed by atoms with Gasteiger partial charge in [-0.3, -0.25) is 15.2 Å². The Hall–Kier alpha value is -2.67. The minimum atomic E-state index is -4.02. The number of hydroxylamine groups is 1. The molecular formula is C16H19BrN4O6S. The van der Waals surface area contributed by atoms with Crippen molar-refractivity contribution in [3.8, 4) is 11.5 Å². The van der Waals surface area contributed by atoms with E-state index in [0.717, 1.165) is 11.8 Å². The quantitative estimate of drug-likeness (QED) is 0.194. The van der Waals surface area contributed by atoms with E-state index in [2.05, 4.69) is 21.0 Å². The standard InChI is InChI=1S/C9H11BrN4O3.C7H8O3S/c1-17-7-3-6(10)2-5(8(7)15)4-13-14(16)9(11)12;1-6-2-4-7(5-3-6)11(8,9)10/h2-4,15-16H,1H3,(H3,11,12);2-5H,1H3,(H,8,9,10). The van der Waals surface area contributed by atoms with Gasteiger partial charge in [0, 0.05) is 10.0 Å². The molecule has 152 valence electrons. The summed E-state index contributed by atoms with van der Waals surface area (Å²) in [7, 11) is -2.61. The van der Waals surface area contributed by atoms with Gasteiger partial charge in [0.15, 0.2) is 11.5 Å². The van der Waals surface area contributed by atoms with Crippen LogP contribution in [0.2, 0.25) is 0 Å². The number of benzene rings is 2. The van der Waals surface area contributed by atoms with Crippen LogP contribution in [-0.4, -0.2) is 47.7 Å². The molecule has 0 saturated carbocycles. The molecule has 0 radical (unpaired) electrons. The van der Waals surface area contributed by atoms with Gasteiger partial charge in [-0.25, -0.2) is 0 Å². The number of guanidine groups is 1. The number of phenolic OH excluding ortho intramolecular Hbond substituents is 1. The fraction of sp³-hybridized carbons (Fsp3) is 0.125. The van der Waals surface area contributed by atoms with Gasteiger partial charge in [-0.05, 0) is 31.2 Å². The Kier molecular flexibility index (Phi) is 8.37. The van der Waals surface area contributed by atoms with Gasteiger partial charge in [0.05, 0.1) is 18.2 Å². The molecule has 0 amide bonds. The van der Waals surface area contributed by atoms with Crippen molar-refractivity contribution >= 4 is 38.2 Å². The zero-order valence-corrected chi connectivity index (χ0v) is 17.3. The number of ether oxygens (including phenoxy) is 1. The highest BCUT2D eigenvalue weighted by Gasteiger charge is 2.09. The van der Waals surface area contributed by atoms with Crippen molar-refractivity contribution in [3.05, 3.63) is 52.0 Å². The number of hydrogen-bond acceptors (Lipinski definition) is 7. The number of halogens is 1. The second-order valence-electron chi connectivity index (χ2n) is 5.25. The van der Waals surface area contributed by atoms with Crippen LogP contribution in [0.5, 0.6) is 11.5 Å². The molecule has 0 fully saturated rings. The van der Waals surface area contributed by atoms with E-state index in [1.54, 1.807) is 24.3 Å². The predicted octanol–water partition coefficient (Wildman–Crippen LogP) is 2.32. The first kappa shape index (κ1) is 23.4. The molecule has 0 aromatic heterocycles. The van der Waals surface area contributed by atoms with Crippen LogP contribution in [0.3, 0.4) is 0 Å². The van der Waals surface area contributed by atoms with Crippen molar-refractivity contribution in [3.63, 3.8) is 0 Å². The summed E-state index contributed by atoms with van der Waals surface area (Å²) >= 11 is 3.23. The van der Waals surface area contributed by atoms with E-state index < -0.39 is 16.1 Å². The third-order valence-corrected chi connectivity index (χ3v) is 4.46. The van der Waals surface area contributed by atoms with Crippen molar-refractivity contribution in [2.75, 3.05) is 7.11 Å². The maximum atomic E-state index is 10.5. The molecule has 0 aliphatic carbocycles. The lowest BCUT2D eigenvalue weighted by Crippen LogP contribution is -2.28. The number of nitrogens with two attached hydrogens (primary N) is 1. The maximum absolute atomic E-state index is 10.5. The second-order valence-corrected chi connectivity index (χ2v) is 7.59. The lowest BCUT2D eigenvalue weighted by molar-refractivity contribution is -0.0139. The Morgan fingerprint density at radius 3 is 2.36 bits per heavy atom. The molecule has 10 nitrogen and oxygen atoms in total. The molecule has 28 heavy (non-hydrogen) atoms. The summed E-state index contributed by atoms with van der Waals surface area (Å²) in [5, 5.41) is 29.3. The summed E-state index contributed by atoms with van der Waals surface area (Å²) < 4.78 is 35.2. The van der Waals surface area contributed by atoms with E-state index in [1.165, 1.54) is 19.2 Å². The lowest BCUT2D eigenvalue weighted by atomic mass is 10.2. The van der Waals surface area contributed by atoms with Gasteiger partial charge in [-0.2, -0.15) is 13.5 Å². The molecule has 0 bridgehead atoms. The van der Waals surface area contributed by atoms with Gasteiger partial charge in [0.1, 0.15) is 0 Å². The van der Waals surface area contributed by atoms with Crippen LogP contribution in [0.4, 0.5) is 0 Å². The number of nitrogens with one attached hydrogen (secondary N) is 1. The van der Waals surface area contributed by atoms with Gasteiger partial charge < -0.3 is 15.6 Å². The van der Waals surface area contributed by atoms with Crippen molar-refractivity contribution in [1.82, 2.24) is 5.17 Å². The first-order valence-corrected chi connectivity index (χ1v) is 9.66. The van der Waals surface area contributed by atoms with E-state index in [-0.39, 0.29) is 21.6 Å². The normalized spacial score (nSPS) is 10.9. The summed E-state index contributed by atoms with van der Waals surface area (Å²) in [4.78, 5) is -0.0666. The van der Waals surface area contributed by atoms with Gasteiger partial charge in [0.25, 0.3) is 10.1 Å². The van der Waals surface area contributed by atoms with Crippen LogP contribution < -0.4 is 10.5 Å². The van der Waals surface area contributed by atoms with Crippen LogP contribution in [0.1, 0.15) is 11.1 Å². The third-order valence-electron chi connectivity index (χ3n) is 3.13. The maximum Gasteiger partial charge on any atom is 0.294 e. The molecule has 0 unspecified atom stereocenters. The fourth-order valence-electron chi connectivity index (χ4n) is 1.74. The third kappa shape index (κ3) is 7.15. The van der Waals surface area contributed by atoms with Crippen molar-refractivity contribution < 1.29 is 28.0 Å². The van der Waals surface area contributed by atoms with Crippen molar-refractivity contribution in [1.29, 1.82) is 5.41 Å². The van der Waals surface area contributed by atoms with E-state index in [0.29, 0.717) is 10.0 Å². The Labute approximate surface area is 170 Å². The van der Waals surface area contributed by atoms with E-state index >= 15 is 0 Å². The number of rotatable bonds is 4. The number of phenols is 1. The van der Waals surface area contributed by atoms with E-state index in [1.807, 2.05) is 6.92 Å². The number of aromatic hydroxyl groups is 1. The number of hydrazone groups is 1. The van der Waals surface area contributed by atoms with E-state index in [4.69, 9.17) is 25.6 Å². The van der Waals surface area contributed by atoms with Crippen LogP contribution in [0.15, 0.2) is 50.9 Å². The lowest BCUT2D eigenvalue weighted by Gasteiger charge is -2.08. The highest BCUT2D eigenvalue weighted by Crippen LogP contribution is 2.32. The Balaban J connectivity index is 0.000000307. The second kappa shape index (κ2) is 10.0.